The summed E-state index contributed by atoms with van der Waals surface area (Å²) >= 11 is 1.64. The number of amides is 1. The first-order valence-electron chi connectivity index (χ1n) is 7.70. The van der Waals surface area contributed by atoms with Crippen LogP contribution in [0.5, 0.6) is 0 Å². The lowest BCUT2D eigenvalue weighted by Crippen LogP contribution is -2.15. The molecule has 0 fully saturated rings. The van der Waals surface area contributed by atoms with E-state index in [1.165, 1.54) is 16.7 Å². The van der Waals surface area contributed by atoms with Gasteiger partial charge in [-0.25, -0.2) is 0 Å². The molecular weight excluding hydrogens is 304 g/mol. The van der Waals surface area contributed by atoms with Gasteiger partial charge in [-0.15, -0.1) is 11.8 Å². The molecule has 0 atom stereocenters. The van der Waals surface area contributed by atoms with Crippen LogP contribution in [0.15, 0.2) is 48.5 Å². The first-order chi connectivity index (χ1) is 11.0. The zero-order valence-electron chi connectivity index (χ0n) is 14.0. The van der Waals surface area contributed by atoms with Gasteiger partial charge in [0.25, 0.3) is 0 Å². The Bertz CT molecular complexity index is 655. The predicted octanol–water partition coefficient (Wildman–Crippen LogP) is 3.93. The molecule has 0 saturated heterocycles. The Morgan fingerprint density at radius 2 is 1.83 bits per heavy atom. The van der Waals surface area contributed by atoms with Crippen LogP contribution in [0, 0.1) is 6.92 Å². The normalized spacial score (nSPS) is 10.8. The van der Waals surface area contributed by atoms with Gasteiger partial charge in [-0.05, 0) is 44.3 Å². The molecule has 23 heavy (non-hydrogen) atoms. The summed E-state index contributed by atoms with van der Waals surface area (Å²) in [6, 6.07) is 16.4. The maximum Gasteiger partial charge on any atom is 0.234 e. The fourth-order valence-electron chi connectivity index (χ4n) is 2.37. The highest BCUT2D eigenvalue weighted by Crippen LogP contribution is 2.15. The highest BCUT2D eigenvalue weighted by atomic mass is 32.2. The van der Waals surface area contributed by atoms with Gasteiger partial charge >= 0.3 is 0 Å². The second-order valence-corrected chi connectivity index (χ2v) is 6.95. The third kappa shape index (κ3) is 6.47. The number of benzene rings is 2. The SMILES string of the molecule is Cc1cccc(CSCC(=O)Nc2cccc(CN(C)C)c2)c1. The van der Waals surface area contributed by atoms with Crippen molar-refractivity contribution in [3.05, 3.63) is 65.2 Å². The van der Waals surface area contributed by atoms with E-state index in [-0.39, 0.29) is 5.91 Å². The van der Waals surface area contributed by atoms with Gasteiger partial charge < -0.3 is 10.2 Å². The van der Waals surface area contributed by atoms with E-state index in [4.69, 9.17) is 0 Å². The molecule has 1 amide bonds. The fraction of sp³-hybridized carbons (Fsp3) is 0.316. The molecule has 4 heteroatoms. The Morgan fingerprint density at radius 3 is 2.57 bits per heavy atom. The topological polar surface area (TPSA) is 32.3 Å². The average Bonchev–Trinajstić information content (AvgIpc) is 2.47. The second-order valence-electron chi connectivity index (χ2n) is 5.97. The number of hydrogen-bond acceptors (Lipinski definition) is 3. The van der Waals surface area contributed by atoms with Crippen molar-refractivity contribution in [3.63, 3.8) is 0 Å². The largest absolute Gasteiger partial charge is 0.325 e. The standard InChI is InChI=1S/C19H24N2OS/c1-15-6-4-8-17(10-15)13-23-14-19(22)20-18-9-5-7-16(11-18)12-21(2)3/h4-11H,12-14H2,1-3H3,(H,20,22). The minimum atomic E-state index is 0.0460. The van der Waals surface area contributed by atoms with Gasteiger partial charge in [-0.1, -0.05) is 42.0 Å². The zero-order valence-corrected chi connectivity index (χ0v) is 14.8. The van der Waals surface area contributed by atoms with Crippen LogP contribution in [-0.4, -0.2) is 30.7 Å². The molecule has 0 spiro atoms. The molecule has 0 saturated carbocycles. The summed E-state index contributed by atoms with van der Waals surface area (Å²) in [7, 11) is 4.07. The van der Waals surface area contributed by atoms with E-state index >= 15 is 0 Å². The van der Waals surface area contributed by atoms with Crippen molar-refractivity contribution in [1.82, 2.24) is 4.90 Å². The number of anilines is 1. The van der Waals surface area contributed by atoms with E-state index in [1.54, 1.807) is 11.8 Å². The number of hydrogen-bond donors (Lipinski definition) is 1. The van der Waals surface area contributed by atoms with E-state index in [2.05, 4.69) is 47.5 Å². The first kappa shape index (κ1) is 17.6. The van der Waals surface area contributed by atoms with E-state index in [9.17, 15) is 4.79 Å². The molecule has 122 valence electrons. The van der Waals surface area contributed by atoms with E-state index in [0.717, 1.165) is 18.0 Å². The molecular formula is C19H24N2OS. The van der Waals surface area contributed by atoms with Gasteiger partial charge in [0, 0.05) is 18.0 Å². The first-order valence-corrected chi connectivity index (χ1v) is 8.85. The van der Waals surface area contributed by atoms with Crippen molar-refractivity contribution in [2.24, 2.45) is 0 Å². The molecule has 2 aromatic rings. The highest BCUT2D eigenvalue weighted by molar-refractivity contribution is 7.99. The number of rotatable bonds is 7. The third-order valence-corrected chi connectivity index (χ3v) is 4.30. The van der Waals surface area contributed by atoms with Crippen molar-refractivity contribution in [2.45, 2.75) is 19.2 Å². The Hall–Kier alpha value is -1.78. The number of carbonyl (C=O) groups is 1. The van der Waals surface area contributed by atoms with Crippen LogP contribution in [0.1, 0.15) is 16.7 Å². The molecule has 2 rings (SSSR count). The van der Waals surface area contributed by atoms with Gasteiger partial charge in [-0.2, -0.15) is 0 Å². The number of nitrogens with one attached hydrogen (secondary N) is 1. The fourth-order valence-corrected chi connectivity index (χ4v) is 3.15. The van der Waals surface area contributed by atoms with Gasteiger partial charge in [0.2, 0.25) is 5.91 Å². The second kappa shape index (κ2) is 8.75. The smallest absolute Gasteiger partial charge is 0.234 e. The summed E-state index contributed by atoms with van der Waals surface area (Å²) in [6.07, 6.45) is 0. The molecule has 0 heterocycles. The van der Waals surface area contributed by atoms with Gasteiger partial charge in [0.1, 0.15) is 0 Å². The number of carbonyl (C=O) groups excluding carboxylic acids is 1. The van der Waals surface area contributed by atoms with E-state index in [0.29, 0.717) is 5.75 Å². The summed E-state index contributed by atoms with van der Waals surface area (Å²) in [5.41, 5.74) is 4.58. The van der Waals surface area contributed by atoms with E-state index < -0.39 is 0 Å². The quantitative estimate of drug-likeness (QED) is 0.836. The lowest BCUT2D eigenvalue weighted by atomic mass is 10.2. The lowest BCUT2D eigenvalue weighted by Gasteiger charge is -2.11. The predicted molar refractivity (Wildman–Crippen MR) is 99.8 cm³/mol. The van der Waals surface area contributed by atoms with Crippen LogP contribution < -0.4 is 5.32 Å². The van der Waals surface area contributed by atoms with Gasteiger partial charge in [0.15, 0.2) is 0 Å². The van der Waals surface area contributed by atoms with Gasteiger partial charge in [-0.3, -0.25) is 4.79 Å². The molecule has 1 N–H and O–H groups in total. The van der Waals surface area contributed by atoms with Crippen molar-refractivity contribution in [3.8, 4) is 0 Å². The van der Waals surface area contributed by atoms with Crippen LogP contribution >= 0.6 is 11.8 Å². The summed E-state index contributed by atoms with van der Waals surface area (Å²) < 4.78 is 0. The van der Waals surface area contributed by atoms with Crippen LogP contribution in [0.25, 0.3) is 0 Å². The number of aryl methyl sites for hydroxylation is 1. The summed E-state index contributed by atoms with van der Waals surface area (Å²) in [4.78, 5) is 14.2. The number of thioether (sulfide) groups is 1. The molecule has 0 aliphatic rings. The van der Waals surface area contributed by atoms with Crippen molar-refractivity contribution < 1.29 is 4.79 Å². The number of nitrogens with zero attached hydrogens (tertiary/aromatic N) is 1. The summed E-state index contributed by atoms with van der Waals surface area (Å²) in [5, 5.41) is 2.97. The maximum absolute atomic E-state index is 12.1. The Kier molecular flexibility index (Phi) is 6.68. The van der Waals surface area contributed by atoms with Crippen molar-refractivity contribution in [1.29, 1.82) is 0 Å². The Labute approximate surface area is 143 Å². The van der Waals surface area contributed by atoms with Crippen LogP contribution in [0.2, 0.25) is 0 Å². The summed E-state index contributed by atoms with van der Waals surface area (Å²) in [5.74, 6) is 1.37. The maximum atomic E-state index is 12.1. The van der Waals surface area contributed by atoms with Gasteiger partial charge in [0.05, 0.1) is 5.75 Å². The molecule has 0 bridgehead atoms. The lowest BCUT2D eigenvalue weighted by molar-refractivity contribution is -0.113. The van der Waals surface area contributed by atoms with Crippen molar-refractivity contribution in [2.75, 3.05) is 25.2 Å². The van der Waals surface area contributed by atoms with E-state index in [1.807, 2.05) is 32.3 Å². The molecule has 0 radical (unpaired) electrons. The molecule has 0 aliphatic heterocycles. The molecule has 0 unspecified atom stereocenters. The highest BCUT2D eigenvalue weighted by Gasteiger charge is 2.04. The minimum absolute atomic E-state index is 0.0460. The van der Waals surface area contributed by atoms with Crippen molar-refractivity contribution >= 4 is 23.4 Å². The monoisotopic (exact) mass is 328 g/mol. The molecule has 2 aromatic carbocycles. The van der Waals surface area contributed by atoms with Crippen LogP contribution in [0.4, 0.5) is 5.69 Å². The average molecular weight is 328 g/mol. The Morgan fingerprint density at radius 1 is 1.09 bits per heavy atom. The zero-order chi connectivity index (χ0) is 16.7. The minimum Gasteiger partial charge on any atom is -0.325 e. The Balaban J connectivity index is 1.80. The molecule has 0 aromatic heterocycles. The molecule has 0 aliphatic carbocycles. The third-order valence-electron chi connectivity index (χ3n) is 3.29. The van der Waals surface area contributed by atoms with Crippen LogP contribution in [0.3, 0.4) is 0 Å². The summed E-state index contributed by atoms with van der Waals surface area (Å²) in [6.45, 7) is 2.95. The van der Waals surface area contributed by atoms with Crippen LogP contribution in [-0.2, 0) is 17.1 Å². The molecule has 3 nitrogen and oxygen atoms in total.